The summed E-state index contributed by atoms with van der Waals surface area (Å²) in [6, 6.07) is -0.224. The van der Waals surface area contributed by atoms with Crippen LogP contribution in [0.5, 0.6) is 5.75 Å². The highest BCUT2D eigenvalue weighted by Crippen LogP contribution is 2.17. The molecule has 0 aliphatic rings. The number of aromatic hydroxyl groups is 1. The maximum Gasteiger partial charge on any atom is 0.326 e. The lowest BCUT2D eigenvalue weighted by molar-refractivity contribution is -0.144. The summed E-state index contributed by atoms with van der Waals surface area (Å²) in [7, 11) is 0. The standard InChI is InChI=1S/C53H76N10O19S/c1-6-27(4)44(63-48(76)35(60-50(78)42(55)28(5)64)22-29-12-14-31(65)15-13-29)52(80)61-37(25-83-24-30-10-8-7-9-11-30)49(77)56-33(18-21-40(69)70)46(74)62-43(26(2)3)51(79)57-32(17-20-39(67)68)45(73)59-36(23-41(71)72)47(75)58-34(53(81)82)16-19-38(54)66/h7-15,26-28,32-37,42-44,64-65H,6,16-25,55H2,1-5H3,(H2,54,66)(H,56,77)(H,57,79)(H,58,75)(H,59,73)(H,60,78)(H,61,80)(H,62,74)(H,63,76)(H,67,68)(H,69,70)(H,71,72)(H,81,82)/t27-,28+,32-,33-,34-,35-,36-,37-,42-,43-,44-/m0/s1. The number of hydrogen-bond donors (Lipinski definition) is 16. The highest BCUT2D eigenvalue weighted by molar-refractivity contribution is 7.98. The second-order valence-electron chi connectivity index (χ2n) is 19.9. The number of aliphatic carboxylic acids is 4. The van der Waals surface area contributed by atoms with Gasteiger partial charge in [0.15, 0.2) is 0 Å². The first-order valence-corrected chi connectivity index (χ1v) is 27.5. The molecular formula is C53H76N10O19S. The first kappa shape index (κ1) is 70.7. The molecule has 2 rings (SSSR count). The fourth-order valence-corrected chi connectivity index (χ4v) is 8.72. The molecule has 0 saturated carbocycles. The summed E-state index contributed by atoms with van der Waals surface area (Å²) in [4.78, 5) is 170. The van der Waals surface area contributed by atoms with Gasteiger partial charge in [0.05, 0.1) is 12.5 Å². The minimum Gasteiger partial charge on any atom is -0.508 e. The highest BCUT2D eigenvalue weighted by Gasteiger charge is 2.38. The Morgan fingerprint density at radius 2 is 0.952 bits per heavy atom. The van der Waals surface area contributed by atoms with Crippen molar-refractivity contribution in [1.82, 2.24) is 42.5 Å². The summed E-state index contributed by atoms with van der Waals surface area (Å²) in [5.74, 6) is -17.3. The molecule has 29 nitrogen and oxygen atoms in total. The Balaban J connectivity index is 2.53. The van der Waals surface area contributed by atoms with Crippen molar-refractivity contribution < 1.29 is 93.0 Å². The smallest absolute Gasteiger partial charge is 0.326 e. The van der Waals surface area contributed by atoms with Crippen molar-refractivity contribution in [3.05, 3.63) is 65.7 Å². The van der Waals surface area contributed by atoms with Crippen molar-refractivity contribution in [2.45, 2.75) is 159 Å². The third kappa shape index (κ3) is 26.0. The van der Waals surface area contributed by atoms with Crippen molar-refractivity contribution in [2.24, 2.45) is 23.3 Å². The number of phenols is 1. The molecule has 2 aromatic carbocycles. The number of primary amides is 1. The van der Waals surface area contributed by atoms with Gasteiger partial charge in [0.1, 0.15) is 60.1 Å². The molecule has 83 heavy (non-hydrogen) atoms. The van der Waals surface area contributed by atoms with Crippen molar-refractivity contribution in [3.63, 3.8) is 0 Å². The Morgan fingerprint density at radius 1 is 0.506 bits per heavy atom. The predicted octanol–water partition coefficient (Wildman–Crippen LogP) is -2.29. The molecule has 458 valence electrons. The molecule has 2 aromatic rings. The zero-order chi connectivity index (χ0) is 62.7. The van der Waals surface area contributed by atoms with Crippen LogP contribution in [-0.2, 0) is 74.5 Å². The third-order valence-corrected chi connectivity index (χ3v) is 13.9. The Hall–Kier alpha value is -8.38. The van der Waals surface area contributed by atoms with Gasteiger partial charge < -0.3 is 84.6 Å². The fourth-order valence-electron chi connectivity index (χ4n) is 7.70. The van der Waals surface area contributed by atoms with Crippen molar-refractivity contribution in [2.75, 3.05) is 5.75 Å². The zero-order valence-electron chi connectivity index (χ0n) is 46.5. The van der Waals surface area contributed by atoms with Crippen molar-refractivity contribution >= 4 is 88.8 Å². The van der Waals surface area contributed by atoms with Gasteiger partial charge in [-0.2, -0.15) is 11.8 Å². The number of aliphatic hydroxyl groups is 1. The maximum absolute atomic E-state index is 14.5. The van der Waals surface area contributed by atoms with E-state index in [-0.39, 0.29) is 24.3 Å². The van der Waals surface area contributed by atoms with E-state index in [1.165, 1.54) is 56.8 Å². The molecule has 18 N–H and O–H groups in total. The molecule has 0 aliphatic carbocycles. The van der Waals surface area contributed by atoms with E-state index < -0.39 is 194 Å². The van der Waals surface area contributed by atoms with Gasteiger partial charge in [-0.3, -0.25) is 57.5 Å². The molecule has 0 bridgehead atoms. The topological polar surface area (TPSA) is 492 Å². The van der Waals surface area contributed by atoms with E-state index in [1.54, 1.807) is 44.2 Å². The highest BCUT2D eigenvalue weighted by atomic mass is 32.2. The molecule has 0 aromatic heterocycles. The summed E-state index contributed by atoms with van der Waals surface area (Å²) in [5, 5.41) is 77.1. The van der Waals surface area contributed by atoms with Crippen LogP contribution in [0.4, 0.5) is 0 Å². The van der Waals surface area contributed by atoms with Gasteiger partial charge in [0, 0.05) is 37.2 Å². The van der Waals surface area contributed by atoms with E-state index in [1.807, 2.05) is 5.32 Å². The first-order chi connectivity index (χ1) is 38.9. The Bertz CT molecular complexity index is 2590. The maximum atomic E-state index is 14.5. The van der Waals surface area contributed by atoms with Crippen LogP contribution in [0.15, 0.2) is 54.6 Å². The second-order valence-corrected chi connectivity index (χ2v) is 20.9. The predicted molar refractivity (Wildman–Crippen MR) is 296 cm³/mol. The van der Waals surface area contributed by atoms with Crippen molar-refractivity contribution in [1.29, 1.82) is 0 Å². The molecule has 0 fully saturated rings. The SMILES string of the molecule is CC[C@H](C)[C@H](NC(=O)[C@H](Cc1ccc(O)cc1)NC(=O)[C@@H](N)[C@@H](C)O)C(=O)N[C@@H](CSCc1ccccc1)C(=O)N[C@@H](CCC(=O)O)C(=O)N[C@H](C(=O)N[C@@H](CCC(=O)O)C(=O)N[C@@H](CC(=O)O)C(=O)N[C@@H](CCC(N)=O)C(=O)O)C(C)C. The fraction of sp³-hybridized carbons (Fsp3) is 0.528. The minimum absolute atomic E-state index is 0.0823. The number of nitrogens with two attached hydrogens (primary N) is 2. The third-order valence-electron chi connectivity index (χ3n) is 12.8. The summed E-state index contributed by atoms with van der Waals surface area (Å²) in [6.07, 6.45) is -6.20. The number of amides is 9. The van der Waals surface area contributed by atoms with E-state index in [4.69, 9.17) is 11.5 Å². The van der Waals surface area contributed by atoms with Gasteiger partial charge in [-0.25, -0.2) is 4.79 Å². The van der Waals surface area contributed by atoms with E-state index in [9.17, 15) is 93.0 Å². The number of carbonyl (C=O) groups excluding carboxylic acids is 9. The monoisotopic (exact) mass is 1190 g/mol. The summed E-state index contributed by atoms with van der Waals surface area (Å²) in [5.41, 5.74) is 12.2. The van der Waals surface area contributed by atoms with E-state index in [2.05, 4.69) is 37.2 Å². The lowest BCUT2D eigenvalue weighted by Crippen LogP contribution is -2.62. The van der Waals surface area contributed by atoms with Gasteiger partial charge in [-0.15, -0.1) is 0 Å². The van der Waals surface area contributed by atoms with E-state index in [0.717, 1.165) is 5.56 Å². The number of carbonyl (C=O) groups is 13. The molecule has 0 aliphatic heterocycles. The molecule has 0 spiro atoms. The van der Waals surface area contributed by atoms with Crippen LogP contribution in [0.25, 0.3) is 0 Å². The van der Waals surface area contributed by atoms with Crippen LogP contribution in [0.3, 0.4) is 0 Å². The van der Waals surface area contributed by atoms with Gasteiger partial charge in [0.25, 0.3) is 0 Å². The van der Waals surface area contributed by atoms with Crippen LogP contribution < -0.4 is 54.0 Å². The first-order valence-electron chi connectivity index (χ1n) is 26.4. The number of carboxylic acid groups (broad SMARTS) is 4. The van der Waals surface area contributed by atoms with E-state index >= 15 is 0 Å². The van der Waals surface area contributed by atoms with Crippen LogP contribution in [0, 0.1) is 11.8 Å². The number of hydrogen-bond acceptors (Lipinski definition) is 17. The molecule has 0 heterocycles. The van der Waals surface area contributed by atoms with Crippen LogP contribution in [0.1, 0.15) is 97.1 Å². The summed E-state index contributed by atoms with van der Waals surface area (Å²) in [6.45, 7) is 7.47. The Kier molecular flexibility index (Phi) is 30.2. The summed E-state index contributed by atoms with van der Waals surface area (Å²) >= 11 is 1.18. The van der Waals surface area contributed by atoms with Gasteiger partial charge >= 0.3 is 23.9 Å². The number of carboxylic acids is 4. The zero-order valence-corrected chi connectivity index (χ0v) is 47.3. The molecule has 0 unspecified atom stereocenters. The Labute approximate surface area is 482 Å². The molecular weight excluding hydrogens is 1110 g/mol. The molecule has 30 heteroatoms. The second kappa shape index (κ2) is 35.5. The molecule has 0 saturated heterocycles. The number of thioether (sulfide) groups is 1. The minimum atomic E-state index is -2.03. The Morgan fingerprint density at radius 3 is 1.46 bits per heavy atom. The molecule has 11 atom stereocenters. The van der Waals surface area contributed by atoms with Crippen LogP contribution >= 0.6 is 11.8 Å². The molecule has 0 radical (unpaired) electrons. The van der Waals surface area contributed by atoms with Gasteiger partial charge in [-0.1, -0.05) is 76.6 Å². The average molecular weight is 1190 g/mol. The number of nitrogens with one attached hydrogen (secondary N) is 8. The lowest BCUT2D eigenvalue weighted by Gasteiger charge is -2.30. The van der Waals surface area contributed by atoms with Crippen LogP contribution in [0.2, 0.25) is 0 Å². The molecule has 9 amide bonds. The number of phenolic OH excluding ortho intramolecular Hbond substituents is 1. The lowest BCUT2D eigenvalue weighted by atomic mass is 9.96. The van der Waals surface area contributed by atoms with E-state index in [0.29, 0.717) is 11.3 Å². The van der Waals surface area contributed by atoms with Gasteiger partial charge in [0.2, 0.25) is 53.2 Å². The van der Waals surface area contributed by atoms with Crippen molar-refractivity contribution in [3.8, 4) is 5.75 Å². The quantitative estimate of drug-likeness (QED) is 0.0336. The summed E-state index contributed by atoms with van der Waals surface area (Å²) < 4.78 is 0. The normalized spacial score (nSPS) is 15.0. The number of benzene rings is 2. The van der Waals surface area contributed by atoms with Crippen LogP contribution in [-0.4, -0.2) is 174 Å². The number of rotatable bonds is 38. The number of aliphatic hydroxyl groups excluding tert-OH is 1. The van der Waals surface area contributed by atoms with Gasteiger partial charge in [-0.05, 0) is 61.3 Å². The largest absolute Gasteiger partial charge is 0.508 e. The average Bonchev–Trinajstić information content (AvgIpc) is 3.41.